The summed E-state index contributed by atoms with van der Waals surface area (Å²) in [6.45, 7) is 5.03. The van der Waals surface area contributed by atoms with Crippen molar-refractivity contribution in [2.45, 2.75) is 32.8 Å². The van der Waals surface area contributed by atoms with E-state index in [9.17, 15) is 4.79 Å². The molecule has 0 unspecified atom stereocenters. The van der Waals surface area contributed by atoms with Crippen molar-refractivity contribution in [3.05, 3.63) is 40.9 Å². The third-order valence-electron chi connectivity index (χ3n) is 3.00. The molecule has 1 atom stereocenters. The van der Waals surface area contributed by atoms with Gasteiger partial charge in [-0.2, -0.15) is 0 Å². The quantitative estimate of drug-likeness (QED) is 0.853. The van der Waals surface area contributed by atoms with Crippen molar-refractivity contribution in [1.29, 1.82) is 0 Å². The molecule has 1 N–H and O–H groups in total. The predicted octanol–water partition coefficient (Wildman–Crippen LogP) is 3.21. The lowest BCUT2D eigenvalue weighted by Gasteiger charge is -2.10. The Kier molecular flexibility index (Phi) is 5.83. The first-order valence-electron chi connectivity index (χ1n) is 6.94. The van der Waals surface area contributed by atoms with Crippen molar-refractivity contribution >= 4 is 22.4 Å². The minimum absolute atomic E-state index is 0.0505. The number of carbonyl (C=O) groups excluding carboxylic acids is 1. The number of ether oxygens (including phenoxy) is 1. The summed E-state index contributed by atoms with van der Waals surface area (Å²) in [5.41, 5.74) is 1.15. The average Bonchev–Trinajstić information content (AvgIpc) is 2.93. The minimum Gasteiger partial charge on any atom is -0.374 e. The molecule has 1 aromatic heterocycles. The summed E-state index contributed by atoms with van der Waals surface area (Å²) in [7, 11) is 0. The molecule has 0 saturated carbocycles. The molecule has 2 rings (SSSR count). The number of hydrogen-bond donors (Lipinski definition) is 1. The molecule has 0 aliphatic heterocycles. The molecule has 21 heavy (non-hydrogen) atoms. The number of carbonyl (C=O) groups is 1. The van der Waals surface area contributed by atoms with Crippen LogP contribution in [0.15, 0.2) is 30.3 Å². The summed E-state index contributed by atoms with van der Waals surface area (Å²) in [6, 6.07) is 9.99. The van der Waals surface area contributed by atoms with Gasteiger partial charge in [-0.1, -0.05) is 48.6 Å². The van der Waals surface area contributed by atoms with E-state index < -0.39 is 0 Å². The van der Waals surface area contributed by atoms with Crippen LogP contribution in [0.25, 0.3) is 0 Å². The highest BCUT2D eigenvalue weighted by molar-refractivity contribution is 7.15. The van der Waals surface area contributed by atoms with E-state index in [-0.39, 0.29) is 11.8 Å². The number of anilines is 1. The fourth-order valence-corrected chi connectivity index (χ4v) is 2.59. The van der Waals surface area contributed by atoms with E-state index >= 15 is 0 Å². The van der Waals surface area contributed by atoms with Gasteiger partial charge in [-0.15, -0.1) is 10.2 Å². The minimum atomic E-state index is -0.0505. The highest BCUT2D eigenvalue weighted by atomic mass is 32.1. The third kappa shape index (κ3) is 4.91. The second-order valence-corrected chi connectivity index (χ2v) is 5.76. The molecular formula is C15H19N3O2S. The van der Waals surface area contributed by atoms with E-state index in [1.54, 1.807) is 0 Å². The number of benzene rings is 1. The van der Waals surface area contributed by atoms with Gasteiger partial charge in [-0.25, -0.2) is 0 Å². The van der Waals surface area contributed by atoms with Crippen LogP contribution in [0.2, 0.25) is 0 Å². The van der Waals surface area contributed by atoms with Gasteiger partial charge in [0, 0.05) is 13.0 Å². The topological polar surface area (TPSA) is 64.1 Å². The molecule has 2 aromatic rings. The fourth-order valence-electron chi connectivity index (χ4n) is 1.90. The highest BCUT2D eigenvalue weighted by Gasteiger charge is 2.13. The monoisotopic (exact) mass is 305 g/mol. The molecule has 0 radical (unpaired) electrons. The van der Waals surface area contributed by atoms with Crippen LogP contribution in [0.1, 0.15) is 36.8 Å². The maximum absolute atomic E-state index is 12.0. The number of nitrogens with one attached hydrogen (secondary N) is 1. The van der Waals surface area contributed by atoms with Crippen LogP contribution < -0.4 is 5.32 Å². The van der Waals surface area contributed by atoms with E-state index in [0.29, 0.717) is 24.8 Å². The number of hydrogen-bond acceptors (Lipinski definition) is 5. The van der Waals surface area contributed by atoms with Crippen molar-refractivity contribution in [3.8, 4) is 0 Å². The van der Waals surface area contributed by atoms with Crippen LogP contribution in [-0.4, -0.2) is 22.7 Å². The van der Waals surface area contributed by atoms with Crippen LogP contribution in [0.5, 0.6) is 0 Å². The van der Waals surface area contributed by atoms with Crippen LogP contribution >= 0.6 is 11.3 Å². The summed E-state index contributed by atoms with van der Waals surface area (Å²) in [6.07, 6.45) is 0.421. The molecule has 1 amide bonds. The smallest absolute Gasteiger partial charge is 0.226 e. The number of nitrogens with zero attached hydrogens (tertiary/aromatic N) is 2. The lowest BCUT2D eigenvalue weighted by molar-refractivity contribution is -0.116. The molecule has 0 bridgehead atoms. The Balaban J connectivity index is 1.85. The summed E-state index contributed by atoms with van der Waals surface area (Å²) in [5, 5.41) is 12.0. The molecule has 112 valence electrons. The number of aromatic nitrogens is 2. The normalized spacial score (nSPS) is 12.1. The van der Waals surface area contributed by atoms with Crippen molar-refractivity contribution < 1.29 is 9.53 Å². The summed E-state index contributed by atoms with van der Waals surface area (Å²) < 4.78 is 5.26. The standard InChI is InChI=1S/C15H19N3O2S/c1-3-20-10-14-17-18-15(21-14)16-13(19)9-11(2)12-7-5-4-6-8-12/h4-8,11H,3,9-10H2,1-2H3,(H,16,18,19)/t11-/m0/s1. The molecule has 0 saturated heterocycles. The second kappa shape index (κ2) is 7.85. The Morgan fingerprint density at radius 1 is 1.33 bits per heavy atom. The highest BCUT2D eigenvalue weighted by Crippen LogP contribution is 2.21. The Morgan fingerprint density at radius 3 is 2.81 bits per heavy atom. The third-order valence-corrected chi connectivity index (χ3v) is 3.82. The van der Waals surface area contributed by atoms with Crippen molar-refractivity contribution in [3.63, 3.8) is 0 Å². The van der Waals surface area contributed by atoms with Crippen molar-refractivity contribution in [2.24, 2.45) is 0 Å². The Morgan fingerprint density at radius 2 is 2.10 bits per heavy atom. The summed E-state index contributed by atoms with van der Waals surface area (Å²) >= 11 is 1.34. The zero-order valence-electron chi connectivity index (χ0n) is 12.2. The zero-order chi connectivity index (χ0) is 15.1. The molecular weight excluding hydrogens is 286 g/mol. The molecule has 0 spiro atoms. The molecule has 1 aromatic carbocycles. The van der Waals surface area contributed by atoms with Crippen LogP contribution in [0.3, 0.4) is 0 Å². The fraction of sp³-hybridized carbons (Fsp3) is 0.400. The van der Waals surface area contributed by atoms with E-state index in [1.165, 1.54) is 11.3 Å². The lowest BCUT2D eigenvalue weighted by Crippen LogP contribution is -2.14. The molecule has 6 heteroatoms. The van der Waals surface area contributed by atoms with Crippen LogP contribution in [0, 0.1) is 0 Å². The number of amides is 1. The van der Waals surface area contributed by atoms with E-state index in [2.05, 4.69) is 15.5 Å². The van der Waals surface area contributed by atoms with Gasteiger partial charge in [0.1, 0.15) is 11.6 Å². The Hall–Kier alpha value is -1.79. The van der Waals surface area contributed by atoms with Gasteiger partial charge >= 0.3 is 0 Å². The molecule has 0 aliphatic carbocycles. The maximum Gasteiger partial charge on any atom is 0.226 e. The first-order chi connectivity index (χ1) is 10.2. The number of rotatable bonds is 7. The Labute approximate surface area is 128 Å². The summed E-state index contributed by atoms with van der Waals surface area (Å²) in [4.78, 5) is 12.0. The van der Waals surface area contributed by atoms with E-state index in [4.69, 9.17) is 4.74 Å². The van der Waals surface area contributed by atoms with Gasteiger partial charge < -0.3 is 10.1 Å². The second-order valence-electron chi connectivity index (χ2n) is 4.70. The largest absolute Gasteiger partial charge is 0.374 e. The molecule has 1 heterocycles. The first-order valence-corrected chi connectivity index (χ1v) is 7.75. The first kappa shape index (κ1) is 15.6. The van der Waals surface area contributed by atoms with Crippen LogP contribution in [0.4, 0.5) is 5.13 Å². The van der Waals surface area contributed by atoms with Crippen molar-refractivity contribution in [1.82, 2.24) is 10.2 Å². The van der Waals surface area contributed by atoms with Gasteiger partial charge in [-0.05, 0) is 18.4 Å². The average molecular weight is 305 g/mol. The van der Waals surface area contributed by atoms with Crippen molar-refractivity contribution in [2.75, 3.05) is 11.9 Å². The van der Waals surface area contributed by atoms with E-state index in [1.807, 2.05) is 44.2 Å². The van der Waals surface area contributed by atoms with Crippen LogP contribution in [-0.2, 0) is 16.1 Å². The maximum atomic E-state index is 12.0. The van der Waals surface area contributed by atoms with Gasteiger partial charge in [-0.3, -0.25) is 4.79 Å². The molecule has 5 nitrogen and oxygen atoms in total. The summed E-state index contributed by atoms with van der Waals surface area (Å²) in [5.74, 6) is 0.118. The van der Waals surface area contributed by atoms with Gasteiger partial charge in [0.15, 0.2) is 0 Å². The van der Waals surface area contributed by atoms with Gasteiger partial charge in [0.2, 0.25) is 11.0 Å². The SMILES string of the molecule is CCOCc1nnc(NC(=O)C[C@H](C)c2ccccc2)s1. The lowest BCUT2D eigenvalue weighted by atomic mass is 9.98. The van der Waals surface area contributed by atoms with Gasteiger partial charge in [0.05, 0.1) is 0 Å². The molecule has 0 fully saturated rings. The predicted molar refractivity (Wildman–Crippen MR) is 83.3 cm³/mol. The zero-order valence-corrected chi connectivity index (χ0v) is 13.0. The Bertz CT molecular complexity index is 571. The molecule has 0 aliphatic rings. The van der Waals surface area contributed by atoms with Gasteiger partial charge in [0.25, 0.3) is 0 Å². The van der Waals surface area contributed by atoms with E-state index in [0.717, 1.165) is 10.6 Å².